The van der Waals surface area contributed by atoms with Crippen LogP contribution in [0.2, 0.25) is 0 Å². The number of carbonyl (C=O) groups excluding carboxylic acids is 1. The molecule has 0 unspecified atom stereocenters. The third kappa shape index (κ3) is 6.24. The van der Waals surface area contributed by atoms with Gasteiger partial charge in [-0.2, -0.15) is 0 Å². The molecule has 0 aliphatic heterocycles. The molecular weight excluding hydrogens is 284 g/mol. The third-order valence-corrected chi connectivity index (χ3v) is 3.28. The maximum Gasteiger partial charge on any atom is 0.328 e. The summed E-state index contributed by atoms with van der Waals surface area (Å²) in [5.41, 5.74) is 1.14. The van der Waals surface area contributed by atoms with Crippen molar-refractivity contribution in [1.82, 2.24) is 10.6 Å². The number of hydrogen-bond donors (Lipinski definition) is 3. The number of likely N-dealkylation sites (N-methyl/N-ethyl adjacent to an activating group) is 1. The van der Waals surface area contributed by atoms with E-state index < -0.39 is 18.1 Å². The summed E-state index contributed by atoms with van der Waals surface area (Å²) in [6.45, 7) is 2.49. The first kappa shape index (κ1) is 18.1. The van der Waals surface area contributed by atoms with Crippen molar-refractivity contribution in [2.45, 2.75) is 31.8 Å². The van der Waals surface area contributed by atoms with Crippen LogP contribution in [0.3, 0.4) is 0 Å². The van der Waals surface area contributed by atoms with E-state index in [-0.39, 0.29) is 12.5 Å². The summed E-state index contributed by atoms with van der Waals surface area (Å²) in [5, 5.41) is 14.7. The number of rotatable bonds is 10. The molecule has 6 heteroatoms. The molecule has 0 fully saturated rings. The molecule has 1 aromatic rings. The van der Waals surface area contributed by atoms with Crippen LogP contribution < -0.4 is 10.6 Å². The number of amides is 1. The zero-order chi connectivity index (χ0) is 16.4. The van der Waals surface area contributed by atoms with Crippen LogP contribution >= 0.6 is 0 Å². The molecule has 1 aromatic carbocycles. The number of hydrogen-bond acceptors (Lipinski definition) is 4. The van der Waals surface area contributed by atoms with E-state index in [9.17, 15) is 9.59 Å². The van der Waals surface area contributed by atoms with Gasteiger partial charge in [0.25, 0.3) is 0 Å². The van der Waals surface area contributed by atoms with Crippen LogP contribution in [0.25, 0.3) is 0 Å². The maximum absolute atomic E-state index is 12.3. The summed E-state index contributed by atoms with van der Waals surface area (Å²) in [6, 6.07) is 8.41. The highest BCUT2D eigenvalue weighted by Crippen LogP contribution is 2.05. The van der Waals surface area contributed by atoms with Gasteiger partial charge in [0.05, 0.1) is 12.6 Å². The first-order valence-electron chi connectivity index (χ1n) is 7.37. The minimum Gasteiger partial charge on any atom is -0.480 e. The number of ether oxygens (including phenoxy) is 1. The second-order valence-corrected chi connectivity index (χ2v) is 4.99. The molecule has 2 atom stereocenters. The Balaban J connectivity index is 2.60. The predicted molar refractivity (Wildman–Crippen MR) is 83.7 cm³/mol. The van der Waals surface area contributed by atoms with Gasteiger partial charge in [0.15, 0.2) is 6.04 Å². The van der Waals surface area contributed by atoms with Gasteiger partial charge in [-0.15, -0.1) is 0 Å². The Morgan fingerprint density at radius 1 is 1.23 bits per heavy atom. The Morgan fingerprint density at radius 2 is 1.91 bits per heavy atom. The molecule has 0 heterocycles. The Bertz CT molecular complexity index is 464. The van der Waals surface area contributed by atoms with Crippen molar-refractivity contribution in [3.63, 3.8) is 0 Å². The van der Waals surface area contributed by atoms with Gasteiger partial charge < -0.3 is 20.5 Å². The van der Waals surface area contributed by atoms with E-state index in [1.807, 2.05) is 37.3 Å². The molecule has 0 aromatic heterocycles. The van der Waals surface area contributed by atoms with Crippen LogP contribution in [0.1, 0.15) is 18.9 Å². The Labute approximate surface area is 130 Å². The van der Waals surface area contributed by atoms with Crippen LogP contribution in [-0.4, -0.2) is 49.3 Å². The first-order valence-corrected chi connectivity index (χ1v) is 7.37. The second kappa shape index (κ2) is 9.92. The molecule has 0 radical (unpaired) electrons. The van der Waals surface area contributed by atoms with Crippen LogP contribution in [0, 0.1) is 0 Å². The van der Waals surface area contributed by atoms with E-state index >= 15 is 0 Å². The quantitative estimate of drug-likeness (QED) is 0.595. The van der Waals surface area contributed by atoms with Crippen molar-refractivity contribution < 1.29 is 19.4 Å². The lowest BCUT2D eigenvalue weighted by atomic mass is 10.0. The van der Waals surface area contributed by atoms with Crippen LogP contribution in [-0.2, 0) is 20.7 Å². The topological polar surface area (TPSA) is 87.7 Å². The lowest BCUT2D eigenvalue weighted by Crippen LogP contribution is -2.51. The molecule has 6 nitrogen and oxygen atoms in total. The number of benzene rings is 1. The first-order chi connectivity index (χ1) is 10.6. The molecule has 122 valence electrons. The third-order valence-electron chi connectivity index (χ3n) is 3.28. The Morgan fingerprint density at radius 3 is 2.45 bits per heavy atom. The molecule has 22 heavy (non-hydrogen) atoms. The lowest BCUT2D eigenvalue weighted by molar-refractivity contribution is -0.143. The van der Waals surface area contributed by atoms with E-state index in [0.717, 1.165) is 12.0 Å². The Kier molecular flexibility index (Phi) is 8.17. The summed E-state index contributed by atoms with van der Waals surface area (Å²) in [7, 11) is 1.40. The van der Waals surface area contributed by atoms with Crippen LogP contribution in [0.15, 0.2) is 30.3 Å². The van der Waals surface area contributed by atoms with Gasteiger partial charge in [-0.3, -0.25) is 4.79 Å². The monoisotopic (exact) mass is 308 g/mol. The highest BCUT2D eigenvalue weighted by Gasteiger charge is 2.24. The summed E-state index contributed by atoms with van der Waals surface area (Å²) in [4.78, 5) is 23.3. The van der Waals surface area contributed by atoms with Gasteiger partial charge in [0.2, 0.25) is 5.91 Å². The minimum atomic E-state index is -1.10. The standard InChI is InChI=1S/C16H24N2O4/c1-3-17-13(10-9-12-7-5-4-6-8-12)15(19)18-14(11-22-2)16(20)21/h4-8,13-14,17H,3,9-11H2,1-2H3,(H,18,19)(H,20,21)/t13-,14-/m0/s1. The molecule has 0 bridgehead atoms. The summed E-state index contributed by atoms with van der Waals surface area (Å²) < 4.78 is 4.82. The van der Waals surface area contributed by atoms with Gasteiger partial charge in [-0.05, 0) is 24.9 Å². The average Bonchev–Trinajstić information content (AvgIpc) is 2.51. The Hall–Kier alpha value is -1.92. The van der Waals surface area contributed by atoms with Crippen molar-refractivity contribution in [1.29, 1.82) is 0 Å². The number of methoxy groups -OCH3 is 1. The molecule has 0 aliphatic carbocycles. The van der Waals surface area contributed by atoms with Crippen molar-refractivity contribution in [3.05, 3.63) is 35.9 Å². The number of carboxylic acid groups (broad SMARTS) is 1. The fourth-order valence-corrected chi connectivity index (χ4v) is 2.14. The molecule has 1 rings (SSSR count). The highest BCUT2D eigenvalue weighted by atomic mass is 16.5. The molecular formula is C16H24N2O4. The fraction of sp³-hybridized carbons (Fsp3) is 0.500. The van der Waals surface area contributed by atoms with Crippen LogP contribution in [0.5, 0.6) is 0 Å². The van der Waals surface area contributed by atoms with Gasteiger partial charge in [-0.25, -0.2) is 4.79 Å². The lowest BCUT2D eigenvalue weighted by Gasteiger charge is -2.20. The van der Waals surface area contributed by atoms with Crippen molar-refractivity contribution in [3.8, 4) is 0 Å². The molecule has 0 aliphatic rings. The van der Waals surface area contributed by atoms with Gasteiger partial charge in [0.1, 0.15) is 0 Å². The zero-order valence-corrected chi connectivity index (χ0v) is 13.0. The largest absolute Gasteiger partial charge is 0.480 e. The highest BCUT2D eigenvalue weighted by molar-refractivity contribution is 5.87. The second-order valence-electron chi connectivity index (χ2n) is 4.99. The molecule has 0 spiro atoms. The summed E-state index contributed by atoms with van der Waals surface area (Å²) in [5.74, 6) is -1.42. The smallest absolute Gasteiger partial charge is 0.328 e. The van der Waals surface area contributed by atoms with E-state index in [4.69, 9.17) is 9.84 Å². The number of aliphatic carboxylic acids is 1. The predicted octanol–water partition coefficient (Wildman–Crippen LogP) is 0.813. The SMILES string of the molecule is CCN[C@@H](CCc1ccccc1)C(=O)N[C@@H](COC)C(=O)O. The molecule has 1 amide bonds. The summed E-state index contributed by atoms with van der Waals surface area (Å²) in [6.07, 6.45) is 1.34. The molecule has 0 saturated heterocycles. The van der Waals surface area contributed by atoms with Gasteiger partial charge >= 0.3 is 5.97 Å². The van der Waals surface area contributed by atoms with Crippen molar-refractivity contribution >= 4 is 11.9 Å². The minimum absolute atomic E-state index is 0.0569. The normalized spacial score (nSPS) is 13.4. The number of aryl methyl sites for hydroxylation is 1. The van der Waals surface area contributed by atoms with Gasteiger partial charge in [0, 0.05) is 7.11 Å². The number of carboxylic acids is 1. The van der Waals surface area contributed by atoms with Crippen molar-refractivity contribution in [2.75, 3.05) is 20.3 Å². The number of carbonyl (C=O) groups is 2. The maximum atomic E-state index is 12.3. The zero-order valence-electron chi connectivity index (χ0n) is 13.0. The summed E-state index contributed by atoms with van der Waals surface area (Å²) >= 11 is 0. The van der Waals surface area contributed by atoms with E-state index in [1.54, 1.807) is 0 Å². The number of nitrogens with one attached hydrogen (secondary N) is 2. The van der Waals surface area contributed by atoms with Crippen LogP contribution in [0.4, 0.5) is 0 Å². The van der Waals surface area contributed by atoms with E-state index in [2.05, 4.69) is 10.6 Å². The molecule has 0 saturated carbocycles. The van der Waals surface area contributed by atoms with E-state index in [0.29, 0.717) is 13.0 Å². The van der Waals surface area contributed by atoms with E-state index in [1.165, 1.54) is 7.11 Å². The fourth-order valence-electron chi connectivity index (χ4n) is 2.14. The molecule has 3 N–H and O–H groups in total. The van der Waals surface area contributed by atoms with Gasteiger partial charge in [-0.1, -0.05) is 37.3 Å². The van der Waals surface area contributed by atoms with Crippen molar-refractivity contribution in [2.24, 2.45) is 0 Å². The average molecular weight is 308 g/mol.